The molecule has 0 bridgehead atoms. The van der Waals surface area contributed by atoms with E-state index in [9.17, 15) is 5.11 Å². The molecule has 0 spiro atoms. The SMILES string of the molecule is CCC1CCCN1C1CCCC(N)(CO)C1. The highest BCUT2D eigenvalue weighted by molar-refractivity contribution is 4.96. The molecular weight excluding hydrogens is 200 g/mol. The van der Waals surface area contributed by atoms with Crippen LogP contribution in [0.15, 0.2) is 0 Å². The lowest BCUT2D eigenvalue weighted by molar-refractivity contribution is 0.0730. The maximum absolute atomic E-state index is 9.39. The van der Waals surface area contributed by atoms with Gasteiger partial charge in [-0.3, -0.25) is 4.90 Å². The summed E-state index contributed by atoms with van der Waals surface area (Å²) in [7, 11) is 0. The van der Waals surface area contributed by atoms with Gasteiger partial charge >= 0.3 is 0 Å². The number of nitrogens with two attached hydrogens (primary N) is 1. The number of nitrogens with zero attached hydrogens (tertiary/aromatic N) is 1. The summed E-state index contributed by atoms with van der Waals surface area (Å²) in [6, 6.07) is 1.39. The summed E-state index contributed by atoms with van der Waals surface area (Å²) in [5.74, 6) is 0. The van der Waals surface area contributed by atoms with Crippen LogP contribution in [0.4, 0.5) is 0 Å². The number of likely N-dealkylation sites (tertiary alicyclic amines) is 1. The molecule has 3 unspecified atom stereocenters. The van der Waals surface area contributed by atoms with Crippen LogP contribution in [0.1, 0.15) is 51.9 Å². The van der Waals surface area contributed by atoms with Gasteiger partial charge in [-0.05, 0) is 51.5 Å². The van der Waals surface area contributed by atoms with Gasteiger partial charge in [-0.15, -0.1) is 0 Å². The maximum Gasteiger partial charge on any atom is 0.0611 e. The first-order valence-corrected chi connectivity index (χ1v) is 6.84. The predicted octanol–water partition coefficient (Wildman–Crippen LogP) is 1.49. The van der Waals surface area contributed by atoms with Gasteiger partial charge in [-0.1, -0.05) is 6.92 Å². The Morgan fingerprint density at radius 1 is 1.38 bits per heavy atom. The fraction of sp³-hybridized carbons (Fsp3) is 1.00. The highest BCUT2D eigenvalue weighted by atomic mass is 16.3. The lowest BCUT2D eigenvalue weighted by Crippen LogP contribution is -2.53. The van der Waals surface area contributed by atoms with Gasteiger partial charge in [-0.25, -0.2) is 0 Å². The molecule has 1 aliphatic carbocycles. The summed E-state index contributed by atoms with van der Waals surface area (Å²) < 4.78 is 0. The van der Waals surface area contributed by atoms with Crippen LogP contribution in [0, 0.1) is 0 Å². The van der Waals surface area contributed by atoms with E-state index in [1.807, 2.05) is 0 Å². The quantitative estimate of drug-likeness (QED) is 0.766. The Bertz CT molecular complexity index is 234. The van der Waals surface area contributed by atoms with Crippen molar-refractivity contribution in [3.63, 3.8) is 0 Å². The molecule has 3 heteroatoms. The number of aliphatic hydroxyl groups is 1. The highest BCUT2D eigenvalue weighted by Crippen LogP contribution is 2.33. The molecule has 3 atom stereocenters. The molecule has 1 saturated heterocycles. The average Bonchev–Trinajstić information content (AvgIpc) is 2.77. The largest absolute Gasteiger partial charge is 0.394 e. The molecule has 94 valence electrons. The van der Waals surface area contributed by atoms with E-state index < -0.39 is 0 Å². The molecular formula is C13H26N2O. The van der Waals surface area contributed by atoms with Crippen LogP contribution in [0.3, 0.4) is 0 Å². The zero-order valence-corrected chi connectivity index (χ0v) is 10.5. The third-order valence-electron chi connectivity index (χ3n) is 4.53. The van der Waals surface area contributed by atoms with Crippen molar-refractivity contribution < 1.29 is 5.11 Å². The van der Waals surface area contributed by atoms with Crippen molar-refractivity contribution >= 4 is 0 Å². The second kappa shape index (κ2) is 5.03. The van der Waals surface area contributed by atoms with Crippen molar-refractivity contribution in [3.05, 3.63) is 0 Å². The van der Waals surface area contributed by atoms with Crippen molar-refractivity contribution in [2.75, 3.05) is 13.2 Å². The Morgan fingerprint density at radius 3 is 2.88 bits per heavy atom. The second-order valence-electron chi connectivity index (χ2n) is 5.71. The topological polar surface area (TPSA) is 49.5 Å². The molecule has 3 nitrogen and oxygen atoms in total. The van der Waals surface area contributed by atoms with Gasteiger partial charge in [0, 0.05) is 17.6 Å². The molecule has 0 aromatic carbocycles. The first-order valence-electron chi connectivity index (χ1n) is 6.84. The smallest absolute Gasteiger partial charge is 0.0611 e. The van der Waals surface area contributed by atoms with E-state index in [0.29, 0.717) is 6.04 Å². The second-order valence-corrected chi connectivity index (χ2v) is 5.71. The van der Waals surface area contributed by atoms with E-state index >= 15 is 0 Å². The molecule has 0 amide bonds. The number of rotatable bonds is 3. The first-order chi connectivity index (χ1) is 7.68. The van der Waals surface area contributed by atoms with Crippen LogP contribution in [0.2, 0.25) is 0 Å². The lowest BCUT2D eigenvalue weighted by atomic mass is 9.79. The summed E-state index contributed by atoms with van der Waals surface area (Å²) in [6.07, 6.45) is 8.37. The average molecular weight is 226 g/mol. The summed E-state index contributed by atoms with van der Waals surface area (Å²) in [5, 5.41) is 9.39. The molecule has 2 fully saturated rings. The fourth-order valence-electron chi connectivity index (χ4n) is 3.57. The Morgan fingerprint density at radius 2 is 2.19 bits per heavy atom. The molecule has 0 aromatic rings. The highest BCUT2D eigenvalue weighted by Gasteiger charge is 2.38. The van der Waals surface area contributed by atoms with Gasteiger partial charge in [0.1, 0.15) is 0 Å². The molecule has 1 saturated carbocycles. The molecule has 2 rings (SSSR count). The normalized spacial score (nSPS) is 41.4. The van der Waals surface area contributed by atoms with E-state index in [-0.39, 0.29) is 12.1 Å². The standard InChI is InChI=1S/C13H26N2O/c1-2-11-6-4-8-15(11)12-5-3-7-13(14,9-12)10-16/h11-12,16H,2-10,14H2,1H3. The van der Waals surface area contributed by atoms with Gasteiger partial charge in [0.2, 0.25) is 0 Å². The zero-order chi connectivity index (χ0) is 11.6. The molecule has 1 aliphatic heterocycles. The molecule has 16 heavy (non-hydrogen) atoms. The third kappa shape index (κ3) is 2.41. The van der Waals surface area contributed by atoms with E-state index in [2.05, 4.69) is 11.8 Å². The Labute approximate surface area is 99.0 Å². The van der Waals surface area contributed by atoms with Crippen molar-refractivity contribution in [2.45, 2.75) is 69.5 Å². The van der Waals surface area contributed by atoms with Crippen LogP contribution >= 0.6 is 0 Å². The Hall–Kier alpha value is -0.120. The van der Waals surface area contributed by atoms with Gasteiger partial charge in [0.05, 0.1) is 6.61 Å². The van der Waals surface area contributed by atoms with E-state index in [1.165, 1.54) is 38.6 Å². The fourth-order valence-corrected chi connectivity index (χ4v) is 3.57. The lowest BCUT2D eigenvalue weighted by Gasteiger charge is -2.42. The van der Waals surface area contributed by atoms with Crippen LogP contribution in [-0.4, -0.2) is 40.8 Å². The molecule has 2 aliphatic rings. The van der Waals surface area contributed by atoms with Gasteiger partial charge in [-0.2, -0.15) is 0 Å². The van der Waals surface area contributed by atoms with Crippen molar-refractivity contribution in [3.8, 4) is 0 Å². The van der Waals surface area contributed by atoms with Crippen molar-refractivity contribution in [1.82, 2.24) is 4.90 Å². The van der Waals surface area contributed by atoms with E-state index in [1.54, 1.807) is 0 Å². The van der Waals surface area contributed by atoms with Crippen LogP contribution in [0.5, 0.6) is 0 Å². The van der Waals surface area contributed by atoms with Gasteiger partial charge in [0.25, 0.3) is 0 Å². The van der Waals surface area contributed by atoms with Gasteiger partial charge < -0.3 is 10.8 Å². The monoisotopic (exact) mass is 226 g/mol. The van der Waals surface area contributed by atoms with Gasteiger partial charge in [0.15, 0.2) is 0 Å². The minimum Gasteiger partial charge on any atom is -0.394 e. The van der Waals surface area contributed by atoms with E-state index in [0.717, 1.165) is 18.9 Å². The van der Waals surface area contributed by atoms with Crippen molar-refractivity contribution in [2.24, 2.45) is 5.73 Å². The predicted molar refractivity (Wildman–Crippen MR) is 66.3 cm³/mol. The summed E-state index contributed by atoms with van der Waals surface area (Å²) in [6.45, 7) is 3.67. The minimum absolute atomic E-state index is 0.147. The van der Waals surface area contributed by atoms with E-state index in [4.69, 9.17) is 5.73 Å². The maximum atomic E-state index is 9.39. The first kappa shape index (κ1) is 12.3. The third-order valence-corrected chi connectivity index (χ3v) is 4.53. The zero-order valence-electron chi connectivity index (χ0n) is 10.5. The molecule has 0 radical (unpaired) electrons. The molecule has 0 aromatic heterocycles. The number of hydrogen-bond acceptors (Lipinski definition) is 3. The Balaban J connectivity index is 1.98. The minimum atomic E-state index is -0.302. The van der Waals surface area contributed by atoms with Crippen LogP contribution < -0.4 is 5.73 Å². The Kier molecular flexibility index (Phi) is 3.88. The molecule has 3 N–H and O–H groups in total. The number of hydrogen-bond donors (Lipinski definition) is 2. The van der Waals surface area contributed by atoms with Crippen molar-refractivity contribution in [1.29, 1.82) is 0 Å². The van der Waals surface area contributed by atoms with Crippen LogP contribution in [0.25, 0.3) is 0 Å². The summed E-state index contributed by atoms with van der Waals surface area (Å²) in [5.41, 5.74) is 5.92. The number of aliphatic hydroxyl groups excluding tert-OH is 1. The summed E-state index contributed by atoms with van der Waals surface area (Å²) in [4.78, 5) is 2.66. The summed E-state index contributed by atoms with van der Waals surface area (Å²) >= 11 is 0. The molecule has 1 heterocycles. The van der Waals surface area contributed by atoms with Crippen LogP contribution in [-0.2, 0) is 0 Å².